The van der Waals surface area contributed by atoms with E-state index in [1.807, 2.05) is 18.0 Å². The van der Waals surface area contributed by atoms with Gasteiger partial charge in [0.2, 0.25) is 0 Å². The summed E-state index contributed by atoms with van der Waals surface area (Å²) in [6.07, 6.45) is 5.59. The van der Waals surface area contributed by atoms with E-state index in [-0.39, 0.29) is 5.75 Å². The van der Waals surface area contributed by atoms with E-state index in [1.165, 1.54) is 19.1 Å². The summed E-state index contributed by atoms with van der Waals surface area (Å²) >= 11 is 0. The first-order valence-electron chi connectivity index (χ1n) is 6.58. The van der Waals surface area contributed by atoms with E-state index in [9.17, 15) is 8.42 Å². The Kier molecular flexibility index (Phi) is 4.65. The van der Waals surface area contributed by atoms with Crippen LogP contribution >= 0.6 is 0 Å². The minimum atomic E-state index is -2.90. The second kappa shape index (κ2) is 6.07. The van der Waals surface area contributed by atoms with Gasteiger partial charge in [-0.05, 0) is 26.0 Å². The van der Waals surface area contributed by atoms with E-state index in [4.69, 9.17) is 4.42 Å². The number of nitrogens with zero attached hydrogens (tertiary/aromatic N) is 1. The molecule has 5 nitrogen and oxygen atoms in total. The van der Waals surface area contributed by atoms with Crippen molar-refractivity contribution in [2.24, 2.45) is 0 Å². The minimum absolute atomic E-state index is 0.181. The van der Waals surface area contributed by atoms with Crippen molar-refractivity contribution in [2.45, 2.75) is 32.0 Å². The molecule has 0 amide bonds. The molecule has 1 aliphatic rings. The molecule has 1 N–H and O–H groups in total. The van der Waals surface area contributed by atoms with Crippen LogP contribution < -0.4 is 5.32 Å². The van der Waals surface area contributed by atoms with E-state index >= 15 is 0 Å². The van der Waals surface area contributed by atoms with Gasteiger partial charge in [0, 0.05) is 31.0 Å². The summed E-state index contributed by atoms with van der Waals surface area (Å²) in [4.78, 5) is 1.96. The van der Waals surface area contributed by atoms with Crippen molar-refractivity contribution in [3.05, 3.63) is 23.7 Å². The molecular formula is C13H22N2O3S. The van der Waals surface area contributed by atoms with Gasteiger partial charge in [-0.1, -0.05) is 0 Å². The maximum atomic E-state index is 11.1. The number of hydrogen-bond acceptors (Lipinski definition) is 5. The molecule has 0 radical (unpaired) electrons. The van der Waals surface area contributed by atoms with Gasteiger partial charge >= 0.3 is 0 Å². The van der Waals surface area contributed by atoms with Gasteiger partial charge in [0.05, 0.1) is 18.6 Å². The molecule has 0 spiro atoms. The maximum Gasteiger partial charge on any atom is 0.148 e. The Morgan fingerprint density at radius 3 is 2.84 bits per heavy atom. The highest BCUT2D eigenvalue weighted by atomic mass is 32.2. The topological polar surface area (TPSA) is 62.6 Å². The van der Waals surface area contributed by atoms with Crippen molar-refractivity contribution >= 4 is 9.84 Å². The summed E-state index contributed by atoms with van der Waals surface area (Å²) in [6.45, 7) is 2.01. The lowest BCUT2D eigenvalue weighted by atomic mass is 10.3. The van der Waals surface area contributed by atoms with Gasteiger partial charge in [-0.15, -0.1) is 0 Å². The summed E-state index contributed by atoms with van der Waals surface area (Å²) in [5.74, 6) is 1.06. The zero-order chi connectivity index (χ0) is 13.9. The summed E-state index contributed by atoms with van der Waals surface area (Å²) in [6, 6.07) is 2.72. The van der Waals surface area contributed by atoms with Crippen molar-refractivity contribution in [1.82, 2.24) is 10.2 Å². The number of sulfone groups is 1. The van der Waals surface area contributed by atoms with E-state index in [0.717, 1.165) is 17.9 Å². The van der Waals surface area contributed by atoms with Gasteiger partial charge in [-0.25, -0.2) is 8.42 Å². The van der Waals surface area contributed by atoms with Crippen LogP contribution in [0.5, 0.6) is 0 Å². The van der Waals surface area contributed by atoms with E-state index < -0.39 is 9.84 Å². The Morgan fingerprint density at radius 1 is 1.47 bits per heavy atom. The first kappa shape index (κ1) is 14.6. The van der Waals surface area contributed by atoms with Crippen molar-refractivity contribution in [1.29, 1.82) is 0 Å². The molecule has 19 heavy (non-hydrogen) atoms. The zero-order valence-corrected chi connectivity index (χ0v) is 12.4. The van der Waals surface area contributed by atoms with Gasteiger partial charge in [-0.2, -0.15) is 0 Å². The highest BCUT2D eigenvalue weighted by molar-refractivity contribution is 7.90. The van der Waals surface area contributed by atoms with Crippen LogP contribution in [0.3, 0.4) is 0 Å². The molecule has 2 rings (SSSR count). The van der Waals surface area contributed by atoms with Crippen LogP contribution in [0, 0.1) is 0 Å². The number of nitrogens with one attached hydrogen (secondary N) is 1. The molecule has 108 valence electrons. The van der Waals surface area contributed by atoms with Gasteiger partial charge in [0.1, 0.15) is 15.6 Å². The third-order valence-electron chi connectivity index (χ3n) is 3.15. The van der Waals surface area contributed by atoms with Crippen molar-refractivity contribution in [3.63, 3.8) is 0 Å². The SMILES string of the molecule is CN(CCS(C)(=O)=O)Cc1cc(CNC2CC2)co1. The predicted molar refractivity (Wildman–Crippen MR) is 74.6 cm³/mol. The molecule has 0 bridgehead atoms. The number of hydrogen-bond donors (Lipinski definition) is 1. The molecule has 0 atom stereocenters. The third kappa shape index (κ3) is 5.76. The van der Waals surface area contributed by atoms with Gasteiger partial charge in [0.25, 0.3) is 0 Å². The predicted octanol–water partition coefficient (Wildman–Crippen LogP) is 1.01. The van der Waals surface area contributed by atoms with Crippen molar-refractivity contribution in [2.75, 3.05) is 25.6 Å². The third-order valence-corrected chi connectivity index (χ3v) is 4.07. The number of rotatable bonds is 8. The van der Waals surface area contributed by atoms with Crippen LogP contribution in [-0.2, 0) is 22.9 Å². The monoisotopic (exact) mass is 286 g/mol. The fourth-order valence-corrected chi connectivity index (χ4v) is 2.46. The first-order chi connectivity index (χ1) is 8.92. The van der Waals surface area contributed by atoms with E-state index in [2.05, 4.69) is 5.32 Å². The lowest BCUT2D eigenvalue weighted by Gasteiger charge is -2.13. The Morgan fingerprint density at radius 2 is 2.21 bits per heavy atom. The second-order valence-corrected chi connectivity index (χ2v) is 7.70. The lowest BCUT2D eigenvalue weighted by Crippen LogP contribution is -2.24. The van der Waals surface area contributed by atoms with Crippen LogP contribution in [0.4, 0.5) is 0 Å². The largest absolute Gasteiger partial charge is 0.468 e. The van der Waals surface area contributed by atoms with Gasteiger partial charge < -0.3 is 9.73 Å². The molecule has 1 aromatic rings. The van der Waals surface area contributed by atoms with Crippen LogP contribution in [0.25, 0.3) is 0 Å². The normalized spacial score (nSPS) is 16.2. The standard InChI is InChI=1S/C13H22N2O3S/c1-15(5-6-19(2,16)17)9-13-7-11(10-18-13)8-14-12-3-4-12/h7,10,12,14H,3-6,8-9H2,1-2H3. The lowest BCUT2D eigenvalue weighted by molar-refractivity contribution is 0.310. The second-order valence-electron chi connectivity index (χ2n) is 5.44. The zero-order valence-electron chi connectivity index (χ0n) is 11.6. The van der Waals surface area contributed by atoms with Crippen LogP contribution in [0.15, 0.2) is 16.7 Å². The van der Waals surface area contributed by atoms with E-state index in [1.54, 1.807) is 6.26 Å². The Bertz CT molecular complexity index is 506. The molecule has 6 heteroatoms. The molecule has 0 unspecified atom stereocenters. The van der Waals surface area contributed by atoms with Crippen molar-refractivity contribution in [3.8, 4) is 0 Å². The quantitative estimate of drug-likeness (QED) is 0.773. The molecule has 1 aliphatic carbocycles. The van der Waals surface area contributed by atoms with Crippen LogP contribution in [0.2, 0.25) is 0 Å². The highest BCUT2D eigenvalue weighted by Gasteiger charge is 2.20. The minimum Gasteiger partial charge on any atom is -0.468 e. The van der Waals surface area contributed by atoms with Crippen molar-refractivity contribution < 1.29 is 12.8 Å². The smallest absolute Gasteiger partial charge is 0.148 e. The van der Waals surface area contributed by atoms with Gasteiger partial charge in [0.15, 0.2) is 0 Å². The average Bonchev–Trinajstić information content (AvgIpc) is 3.04. The average molecular weight is 286 g/mol. The Balaban J connectivity index is 1.74. The van der Waals surface area contributed by atoms with E-state index in [0.29, 0.717) is 19.1 Å². The summed E-state index contributed by atoms with van der Waals surface area (Å²) in [5.41, 5.74) is 1.15. The fraction of sp³-hybridized carbons (Fsp3) is 0.692. The van der Waals surface area contributed by atoms with Crippen LogP contribution in [-0.4, -0.2) is 45.0 Å². The molecular weight excluding hydrogens is 264 g/mol. The number of furan rings is 1. The van der Waals surface area contributed by atoms with Crippen LogP contribution in [0.1, 0.15) is 24.2 Å². The molecule has 0 aromatic carbocycles. The van der Waals surface area contributed by atoms with Gasteiger partial charge in [-0.3, -0.25) is 4.90 Å². The summed E-state index contributed by atoms with van der Waals surface area (Å²) < 4.78 is 27.7. The molecule has 1 fully saturated rings. The fourth-order valence-electron chi connectivity index (χ4n) is 1.82. The summed E-state index contributed by atoms with van der Waals surface area (Å²) in [7, 11) is -1.00. The summed E-state index contributed by atoms with van der Waals surface area (Å²) in [5, 5.41) is 3.43. The maximum absolute atomic E-state index is 11.1. The molecule has 0 saturated heterocycles. The molecule has 1 saturated carbocycles. The Hall–Kier alpha value is -0.850. The molecule has 1 aromatic heterocycles. The molecule has 0 aliphatic heterocycles. The highest BCUT2D eigenvalue weighted by Crippen LogP contribution is 2.19. The first-order valence-corrected chi connectivity index (χ1v) is 8.64. The Labute approximate surface area is 114 Å². The molecule has 1 heterocycles.